The first-order valence-corrected chi connectivity index (χ1v) is 12.2. The first-order chi connectivity index (χ1) is 14.5. The summed E-state index contributed by atoms with van der Waals surface area (Å²) in [4.78, 5) is 13.2. The third-order valence-electron chi connectivity index (χ3n) is 10.6. The molecule has 0 aromatic heterocycles. The van der Waals surface area contributed by atoms with Crippen LogP contribution in [0.2, 0.25) is 0 Å². The average molecular weight is 416 g/mol. The highest BCUT2D eigenvalue weighted by molar-refractivity contribution is 5.84. The van der Waals surface area contributed by atoms with E-state index in [-0.39, 0.29) is 17.4 Å². The van der Waals surface area contributed by atoms with E-state index in [2.05, 4.69) is 17.9 Å². The van der Waals surface area contributed by atoms with Gasteiger partial charge in [-0.25, -0.2) is 0 Å². The molecule has 0 saturated heterocycles. The summed E-state index contributed by atoms with van der Waals surface area (Å²) in [6.45, 7) is 2.89. The van der Waals surface area contributed by atoms with Crippen molar-refractivity contribution in [2.24, 2.45) is 46.8 Å². The molecule has 5 fully saturated rings. The quantitative estimate of drug-likeness (QED) is 0.656. The number of hydrogen-bond acceptors (Lipinski definition) is 6. The summed E-state index contributed by atoms with van der Waals surface area (Å²) >= 11 is 0. The smallest absolute Gasteiger partial charge is 0.157 e. The Kier molecular flexibility index (Phi) is 4.37. The molecule has 6 rings (SSSR count). The molecule has 10 atom stereocenters. The Balaban J connectivity index is 1.18. The number of carbonyl (C=O) groups excluding carboxylic acids is 1. The summed E-state index contributed by atoms with van der Waals surface area (Å²) in [6.07, 6.45) is 13.2. The topological polar surface area (TPSA) is 73.8 Å². The average Bonchev–Trinajstić information content (AvgIpc) is 3.04. The number of methoxy groups -OCH3 is 1. The maximum absolute atomic E-state index is 13.2. The lowest BCUT2D eigenvalue weighted by atomic mass is 9.49. The lowest BCUT2D eigenvalue weighted by Crippen LogP contribution is -2.51. The van der Waals surface area contributed by atoms with Crippen LogP contribution in [0.15, 0.2) is 12.4 Å². The van der Waals surface area contributed by atoms with Crippen LogP contribution in [0.3, 0.4) is 0 Å². The van der Waals surface area contributed by atoms with Crippen LogP contribution in [0.1, 0.15) is 58.3 Å². The highest BCUT2D eigenvalue weighted by Gasteiger charge is 2.72. The van der Waals surface area contributed by atoms with Crippen molar-refractivity contribution in [1.29, 1.82) is 0 Å². The van der Waals surface area contributed by atoms with Gasteiger partial charge in [0.05, 0.1) is 18.2 Å². The van der Waals surface area contributed by atoms with Crippen LogP contribution in [-0.4, -0.2) is 41.3 Å². The van der Waals surface area contributed by atoms with Crippen LogP contribution in [0.25, 0.3) is 0 Å². The van der Waals surface area contributed by atoms with Crippen LogP contribution in [0, 0.1) is 46.8 Å². The number of hydrogen-bond donors (Lipinski definition) is 3. The maximum Gasteiger partial charge on any atom is 0.157 e. The van der Waals surface area contributed by atoms with Gasteiger partial charge in [-0.3, -0.25) is 9.80 Å². The molecule has 0 amide bonds. The summed E-state index contributed by atoms with van der Waals surface area (Å²) in [5.41, 5.74) is 5.59. The fourth-order valence-electron chi connectivity index (χ4n) is 9.31. The lowest BCUT2D eigenvalue weighted by Gasteiger charge is -2.55. The molecule has 5 saturated carbocycles. The van der Waals surface area contributed by atoms with Crippen molar-refractivity contribution in [2.75, 3.05) is 13.7 Å². The second-order valence-corrected chi connectivity index (χ2v) is 11.4. The Labute approximate surface area is 179 Å². The Hall–Kier alpha value is -1.11. The number of rotatable bonds is 4. The Bertz CT molecular complexity index is 758. The van der Waals surface area contributed by atoms with Gasteiger partial charge in [0, 0.05) is 31.3 Å². The van der Waals surface area contributed by atoms with E-state index in [1.54, 1.807) is 7.11 Å². The molecule has 5 aliphatic carbocycles. The molecule has 0 radical (unpaired) electrons. The van der Waals surface area contributed by atoms with Crippen molar-refractivity contribution < 1.29 is 14.6 Å². The van der Waals surface area contributed by atoms with E-state index in [0.717, 1.165) is 30.6 Å². The predicted molar refractivity (Wildman–Crippen MR) is 112 cm³/mol. The summed E-state index contributed by atoms with van der Waals surface area (Å²) in [7, 11) is 1.77. The van der Waals surface area contributed by atoms with Gasteiger partial charge in [0.2, 0.25) is 0 Å². The molecule has 0 spiro atoms. The molecule has 1 heterocycles. The molecule has 6 nitrogen and oxygen atoms in total. The molecule has 6 heteroatoms. The van der Waals surface area contributed by atoms with E-state index in [1.807, 2.05) is 17.4 Å². The SMILES string of the molecule is CO[C@@H]1C2[C@@H]3CC[C@@H]4[C@H](CC[C@]5(C)[C@@H](C(=O)CN6C=CNN6)CC[C@@H]45)[C@H]3CC[C@@]21O. The number of nitrogens with zero attached hydrogens (tertiary/aromatic N) is 1. The Morgan fingerprint density at radius 1 is 1.10 bits per heavy atom. The van der Waals surface area contributed by atoms with E-state index in [1.165, 1.54) is 38.5 Å². The minimum Gasteiger partial charge on any atom is -0.387 e. The number of hydrazine groups is 2. The van der Waals surface area contributed by atoms with Gasteiger partial charge >= 0.3 is 0 Å². The van der Waals surface area contributed by atoms with E-state index in [0.29, 0.717) is 30.1 Å². The number of Topliss-reactive ketones (excluding diaryl/α,β-unsaturated/α-hetero) is 1. The van der Waals surface area contributed by atoms with E-state index >= 15 is 0 Å². The maximum atomic E-state index is 13.2. The van der Waals surface area contributed by atoms with Crippen molar-refractivity contribution in [3.05, 3.63) is 12.4 Å². The van der Waals surface area contributed by atoms with Crippen LogP contribution < -0.4 is 11.0 Å². The number of fused-ring (bicyclic) bond motifs is 7. The largest absolute Gasteiger partial charge is 0.387 e. The molecular weight excluding hydrogens is 378 g/mol. The Morgan fingerprint density at radius 3 is 2.63 bits per heavy atom. The first-order valence-electron chi connectivity index (χ1n) is 12.2. The summed E-state index contributed by atoms with van der Waals surface area (Å²) in [5.74, 6) is 4.67. The zero-order valence-corrected chi connectivity index (χ0v) is 18.3. The number of carbonyl (C=O) groups is 1. The van der Waals surface area contributed by atoms with Gasteiger partial charge in [0.25, 0.3) is 0 Å². The van der Waals surface area contributed by atoms with Gasteiger partial charge in [-0.1, -0.05) is 6.92 Å². The second kappa shape index (κ2) is 6.69. The molecule has 0 aromatic carbocycles. The molecule has 1 unspecified atom stereocenters. The fraction of sp³-hybridized carbons (Fsp3) is 0.875. The zero-order chi connectivity index (χ0) is 20.7. The van der Waals surface area contributed by atoms with Crippen LogP contribution >= 0.6 is 0 Å². The van der Waals surface area contributed by atoms with E-state index < -0.39 is 5.60 Å². The molecule has 0 aromatic rings. The number of aliphatic hydroxyl groups is 1. The highest BCUT2D eigenvalue weighted by Crippen LogP contribution is 2.69. The van der Waals surface area contributed by atoms with Crippen molar-refractivity contribution >= 4 is 5.78 Å². The van der Waals surface area contributed by atoms with Gasteiger partial charge in [-0.2, -0.15) is 0 Å². The number of nitrogens with one attached hydrogen (secondary N) is 2. The third kappa shape index (κ3) is 2.56. The molecule has 166 valence electrons. The molecule has 1 aliphatic heterocycles. The first kappa shape index (κ1) is 19.6. The summed E-state index contributed by atoms with van der Waals surface area (Å²) in [6, 6.07) is 0. The fourth-order valence-corrected chi connectivity index (χ4v) is 9.31. The van der Waals surface area contributed by atoms with Crippen LogP contribution in [0.5, 0.6) is 0 Å². The molecule has 6 aliphatic rings. The van der Waals surface area contributed by atoms with Crippen molar-refractivity contribution in [1.82, 2.24) is 16.0 Å². The standard InChI is InChI=1S/C24H37N3O3/c1-23-9-7-14-15-8-10-24(29)21(22(24)30-2)17(15)4-3-16(14)18(23)5-6-19(23)20(28)13-27-12-11-25-26-27/h11-12,14-19,21-22,25-26,29H,3-10,13H2,1-2H3/t14-,15-,16-,17-,18+,19-,21?,22-,23+,24-/m1/s1. The van der Waals surface area contributed by atoms with Gasteiger partial charge in [0.1, 0.15) is 0 Å². The third-order valence-corrected chi connectivity index (χ3v) is 10.6. The normalized spacial score (nSPS) is 53.4. The second-order valence-electron chi connectivity index (χ2n) is 11.4. The highest BCUT2D eigenvalue weighted by atomic mass is 16.5. The van der Waals surface area contributed by atoms with Crippen molar-refractivity contribution in [3.8, 4) is 0 Å². The van der Waals surface area contributed by atoms with E-state index in [9.17, 15) is 9.90 Å². The molecular formula is C24H37N3O3. The minimum atomic E-state index is -0.524. The van der Waals surface area contributed by atoms with Gasteiger partial charge in [-0.05, 0) is 86.4 Å². The van der Waals surface area contributed by atoms with E-state index in [4.69, 9.17) is 4.74 Å². The summed E-state index contributed by atoms with van der Waals surface area (Å²) < 4.78 is 5.67. The molecule has 30 heavy (non-hydrogen) atoms. The molecule has 3 N–H and O–H groups in total. The zero-order valence-electron chi connectivity index (χ0n) is 18.3. The van der Waals surface area contributed by atoms with Crippen LogP contribution in [0.4, 0.5) is 0 Å². The number of ether oxygens (including phenoxy) is 1. The molecule has 0 bridgehead atoms. The predicted octanol–water partition coefficient (Wildman–Crippen LogP) is 2.61. The summed E-state index contributed by atoms with van der Waals surface area (Å²) in [5, 5.41) is 12.8. The number of ketones is 1. The van der Waals surface area contributed by atoms with Gasteiger partial charge < -0.3 is 15.3 Å². The van der Waals surface area contributed by atoms with Gasteiger partial charge in [-0.15, -0.1) is 5.53 Å². The van der Waals surface area contributed by atoms with Crippen molar-refractivity contribution in [2.45, 2.75) is 70.0 Å². The van der Waals surface area contributed by atoms with Gasteiger partial charge in [0.15, 0.2) is 5.78 Å². The monoisotopic (exact) mass is 415 g/mol. The van der Waals surface area contributed by atoms with Crippen molar-refractivity contribution in [3.63, 3.8) is 0 Å². The Morgan fingerprint density at radius 2 is 1.87 bits per heavy atom. The van der Waals surface area contributed by atoms with Crippen LogP contribution in [-0.2, 0) is 9.53 Å². The minimum absolute atomic E-state index is 0.0779. The lowest BCUT2D eigenvalue weighted by molar-refractivity contribution is -0.132.